The summed E-state index contributed by atoms with van der Waals surface area (Å²) < 4.78 is 10.5. The van der Waals surface area contributed by atoms with E-state index in [1.165, 1.54) is 24.3 Å². The Labute approximate surface area is 156 Å². The topological polar surface area (TPSA) is 108 Å². The van der Waals surface area contributed by atoms with Crippen molar-refractivity contribution in [3.05, 3.63) is 52.1 Å². The Bertz CT molecular complexity index is 737. The average Bonchev–Trinajstić information content (AvgIpc) is 2.59. The molecule has 1 aliphatic rings. The van der Waals surface area contributed by atoms with Gasteiger partial charge in [-0.15, -0.1) is 0 Å². The molecule has 146 valence electrons. The molecule has 0 bridgehead atoms. The Morgan fingerprint density at radius 2 is 1.85 bits per heavy atom. The fourth-order valence-corrected chi connectivity index (χ4v) is 2.20. The van der Waals surface area contributed by atoms with Crippen LogP contribution in [0.3, 0.4) is 0 Å². The summed E-state index contributed by atoms with van der Waals surface area (Å²) >= 11 is 0. The van der Waals surface area contributed by atoms with E-state index >= 15 is 0 Å². The summed E-state index contributed by atoms with van der Waals surface area (Å²) in [7, 11) is 0. The Morgan fingerprint density at radius 3 is 2.41 bits per heavy atom. The summed E-state index contributed by atoms with van der Waals surface area (Å²) in [5.41, 5.74) is -0.607. The van der Waals surface area contributed by atoms with Gasteiger partial charge in [0.1, 0.15) is 18.3 Å². The minimum absolute atomic E-state index is 0.118. The molecule has 0 spiro atoms. The number of hydrogen-bond acceptors (Lipinski definition) is 7. The predicted octanol–water partition coefficient (Wildman–Crippen LogP) is 3.25. The van der Waals surface area contributed by atoms with Crippen molar-refractivity contribution in [2.24, 2.45) is 0 Å². The van der Waals surface area contributed by atoms with Crippen LogP contribution >= 0.6 is 0 Å². The lowest BCUT2D eigenvalue weighted by Gasteiger charge is -2.34. The largest absolute Gasteiger partial charge is 0.459 e. The van der Waals surface area contributed by atoms with Crippen LogP contribution in [0.15, 0.2) is 36.4 Å². The molecule has 27 heavy (non-hydrogen) atoms. The van der Waals surface area contributed by atoms with Gasteiger partial charge in [0.05, 0.1) is 16.5 Å². The van der Waals surface area contributed by atoms with Crippen molar-refractivity contribution in [2.45, 2.75) is 45.4 Å². The number of non-ortho nitro benzene ring substituents is 1. The molecular weight excluding hydrogens is 356 g/mol. The van der Waals surface area contributed by atoms with E-state index in [1.807, 2.05) is 0 Å². The number of rotatable bonds is 4. The van der Waals surface area contributed by atoms with E-state index in [2.05, 4.69) is 0 Å². The van der Waals surface area contributed by atoms with Gasteiger partial charge in [-0.1, -0.05) is 12.2 Å². The highest BCUT2D eigenvalue weighted by molar-refractivity contribution is 5.89. The van der Waals surface area contributed by atoms with Gasteiger partial charge in [-0.25, -0.2) is 9.59 Å². The van der Waals surface area contributed by atoms with Crippen LogP contribution in [-0.4, -0.2) is 46.4 Å². The number of nitro groups is 1. The van der Waals surface area contributed by atoms with E-state index in [0.717, 1.165) is 5.06 Å². The number of amides is 1. The summed E-state index contributed by atoms with van der Waals surface area (Å²) in [5.74, 6) is -0.649. The van der Waals surface area contributed by atoms with Crippen LogP contribution in [0.5, 0.6) is 0 Å². The van der Waals surface area contributed by atoms with Gasteiger partial charge in [0.25, 0.3) is 5.69 Å². The number of nitrogens with zero attached hydrogens (tertiary/aromatic N) is 2. The summed E-state index contributed by atoms with van der Waals surface area (Å²) in [6.45, 7) is 6.88. The van der Waals surface area contributed by atoms with E-state index in [1.54, 1.807) is 39.8 Å². The lowest BCUT2D eigenvalue weighted by Crippen LogP contribution is -2.46. The third-order valence-corrected chi connectivity index (χ3v) is 3.49. The first kappa shape index (κ1) is 20.4. The maximum atomic E-state index is 12.2. The molecule has 1 amide bonds. The Hall–Kier alpha value is -2.94. The molecule has 1 aliphatic heterocycles. The standard InChI is InChI=1S/C18H22N2O7/c1-12-5-10-15(27-19(12)17(22)26-18(2,3)4)11-25-16(21)13-6-8-14(9-7-13)20(23)24/h5-10,12,15H,11H2,1-4H3/t12-,15-/m0/s1. The second-order valence-electron chi connectivity index (χ2n) is 6.98. The molecule has 0 fully saturated rings. The van der Waals surface area contributed by atoms with Crippen molar-refractivity contribution in [3.63, 3.8) is 0 Å². The molecule has 2 atom stereocenters. The molecule has 9 heteroatoms. The number of ether oxygens (including phenoxy) is 2. The molecule has 0 N–H and O–H groups in total. The number of esters is 1. The van der Waals surface area contributed by atoms with Gasteiger partial charge in [-0.2, -0.15) is 5.06 Å². The third-order valence-electron chi connectivity index (χ3n) is 3.49. The number of carbonyl (C=O) groups excluding carboxylic acids is 2. The zero-order chi connectivity index (χ0) is 20.2. The fraction of sp³-hybridized carbons (Fsp3) is 0.444. The number of nitro benzene ring substituents is 1. The minimum Gasteiger partial charge on any atom is -0.459 e. The molecule has 0 radical (unpaired) electrons. The Morgan fingerprint density at radius 1 is 1.22 bits per heavy atom. The normalized spacial score (nSPS) is 19.5. The second kappa shape index (κ2) is 8.17. The fourth-order valence-electron chi connectivity index (χ4n) is 2.20. The first-order chi connectivity index (χ1) is 12.6. The molecule has 0 saturated heterocycles. The first-order valence-electron chi connectivity index (χ1n) is 8.36. The lowest BCUT2D eigenvalue weighted by atomic mass is 10.2. The van der Waals surface area contributed by atoms with E-state index in [9.17, 15) is 19.7 Å². The van der Waals surface area contributed by atoms with Gasteiger partial charge in [0.2, 0.25) is 0 Å². The van der Waals surface area contributed by atoms with Crippen molar-refractivity contribution in [2.75, 3.05) is 6.61 Å². The highest BCUT2D eigenvalue weighted by Gasteiger charge is 2.31. The maximum Gasteiger partial charge on any atom is 0.435 e. The molecule has 1 heterocycles. The second-order valence-corrected chi connectivity index (χ2v) is 6.98. The number of hydrogen-bond donors (Lipinski definition) is 0. The average molecular weight is 378 g/mol. The van der Waals surface area contributed by atoms with Gasteiger partial charge >= 0.3 is 12.1 Å². The smallest absolute Gasteiger partial charge is 0.435 e. The van der Waals surface area contributed by atoms with Crippen molar-refractivity contribution in [3.8, 4) is 0 Å². The first-order valence-corrected chi connectivity index (χ1v) is 8.36. The Kier molecular flexibility index (Phi) is 6.17. The molecule has 0 aromatic heterocycles. The molecule has 0 unspecified atom stereocenters. The Balaban J connectivity index is 1.93. The van der Waals surface area contributed by atoms with Gasteiger partial charge in [0.15, 0.2) is 0 Å². The zero-order valence-corrected chi connectivity index (χ0v) is 15.6. The SMILES string of the molecule is C[C@H]1C=C[C@@H](COC(=O)c2ccc([N+](=O)[O-])cc2)ON1C(=O)OC(C)(C)C. The lowest BCUT2D eigenvalue weighted by molar-refractivity contribution is -0.384. The predicted molar refractivity (Wildman–Crippen MR) is 94.9 cm³/mol. The van der Waals surface area contributed by atoms with Crippen LogP contribution in [0, 0.1) is 10.1 Å². The molecule has 2 rings (SSSR count). The van der Waals surface area contributed by atoms with E-state index in [4.69, 9.17) is 14.3 Å². The minimum atomic E-state index is -0.667. The monoisotopic (exact) mass is 378 g/mol. The van der Waals surface area contributed by atoms with E-state index < -0.39 is 28.7 Å². The molecule has 0 saturated carbocycles. The van der Waals surface area contributed by atoms with E-state index in [0.29, 0.717) is 0 Å². The number of hydroxylamine groups is 2. The van der Waals surface area contributed by atoms with Crippen LogP contribution in [0.1, 0.15) is 38.1 Å². The zero-order valence-electron chi connectivity index (χ0n) is 15.6. The van der Waals surface area contributed by atoms with Crippen LogP contribution < -0.4 is 0 Å². The van der Waals surface area contributed by atoms with Crippen LogP contribution in [-0.2, 0) is 14.3 Å². The molecule has 1 aromatic rings. The van der Waals surface area contributed by atoms with Gasteiger partial charge in [-0.05, 0) is 39.8 Å². The quantitative estimate of drug-likeness (QED) is 0.342. The summed E-state index contributed by atoms with van der Waals surface area (Å²) in [4.78, 5) is 39.9. The van der Waals surface area contributed by atoms with Crippen LogP contribution in [0.2, 0.25) is 0 Å². The van der Waals surface area contributed by atoms with Crippen molar-refractivity contribution >= 4 is 17.7 Å². The number of carbonyl (C=O) groups is 2. The van der Waals surface area contributed by atoms with E-state index in [-0.39, 0.29) is 23.9 Å². The maximum absolute atomic E-state index is 12.2. The van der Waals surface area contributed by atoms with Crippen molar-refractivity contribution in [1.29, 1.82) is 0 Å². The van der Waals surface area contributed by atoms with Crippen LogP contribution in [0.4, 0.5) is 10.5 Å². The third kappa shape index (κ3) is 5.78. The van der Waals surface area contributed by atoms with Crippen LogP contribution in [0.25, 0.3) is 0 Å². The number of benzene rings is 1. The van der Waals surface area contributed by atoms with Gasteiger partial charge < -0.3 is 9.47 Å². The molecular formula is C18H22N2O7. The highest BCUT2D eigenvalue weighted by atomic mass is 16.7. The van der Waals surface area contributed by atoms with Gasteiger partial charge in [-0.3, -0.25) is 15.0 Å². The summed E-state index contributed by atoms with van der Waals surface area (Å²) in [5, 5.41) is 11.7. The summed E-state index contributed by atoms with van der Waals surface area (Å²) in [6.07, 6.45) is 2.15. The van der Waals surface area contributed by atoms with Crippen molar-refractivity contribution in [1.82, 2.24) is 5.06 Å². The van der Waals surface area contributed by atoms with Gasteiger partial charge in [0, 0.05) is 12.1 Å². The summed E-state index contributed by atoms with van der Waals surface area (Å²) in [6, 6.07) is 4.74. The highest BCUT2D eigenvalue weighted by Crippen LogP contribution is 2.19. The molecule has 0 aliphatic carbocycles. The van der Waals surface area contributed by atoms with Crippen molar-refractivity contribution < 1.29 is 28.8 Å². The molecule has 9 nitrogen and oxygen atoms in total. The molecule has 1 aromatic carbocycles.